The van der Waals surface area contributed by atoms with Crippen molar-refractivity contribution in [3.63, 3.8) is 0 Å². The quantitative estimate of drug-likeness (QED) is 0.873. The number of hydrogen-bond acceptors (Lipinski definition) is 4. The van der Waals surface area contributed by atoms with E-state index in [-0.39, 0.29) is 16.7 Å². The number of aryl methyl sites for hydroxylation is 1. The maximum absolute atomic E-state index is 12.1. The zero-order valence-corrected chi connectivity index (χ0v) is 13.3. The number of rotatable bonds is 6. The summed E-state index contributed by atoms with van der Waals surface area (Å²) in [5.41, 5.74) is 1.01. The van der Waals surface area contributed by atoms with Crippen LogP contribution in [-0.2, 0) is 23.5 Å². The molecule has 1 heterocycles. The van der Waals surface area contributed by atoms with Crippen molar-refractivity contribution >= 4 is 21.6 Å². The lowest BCUT2D eigenvalue weighted by molar-refractivity contribution is 0.414. The normalized spacial score (nSPS) is 11.6. The lowest BCUT2D eigenvalue weighted by Crippen LogP contribution is -2.26. The second-order valence-electron chi connectivity index (χ2n) is 4.45. The van der Waals surface area contributed by atoms with Crippen molar-refractivity contribution in [2.45, 2.75) is 11.4 Å². The molecule has 0 aliphatic carbocycles. The smallest absolute Gasteiger partial charge is 0.261 e. The molecule has 0 aliphatic heterocycles. The van der Waals surface area contributed by atoms with Crippen LogP contribution in [-0.4, -0.2) is 31.6 Å². The minimum atomic E-state index is -3.69. The van der Waals surface area contributed by atoms with E-state index in [1.807, 2.05) is 24.3 Å². The van der Waals surface area contributed by atoms with Gasteiger partial charge in [-0.15, -0.1) is 0 Å². The molecule has 6 nitrogen and oxygen atoms in total. The number of imidazole rings is 1. The van der Waals surface area contributed by atoms with E-state index in [0.717, 1.165) is 11.3 Å². The zero-order chi connectivity index (χ0) is 15.5. The summed E-state index contributed by atoms with van der Waals surface area (Å²) in [6, 6.07) is 7.45. The highest BCUT2D eigenvalue weighted by atomic mass is 35.5. The topological polar surface area (TPSA) is 73.2 Å². The molecule has 0 unspecified atom stereocenters. The molecule has 0 aliphatic rings. The van der Waals surface area contributed by atoms with E-state index in [0.29, 0.717) is 6.42 Å². The highest BCUT2D eigenvalue weighted by Crippen LogP contribution is 2.18. The second kappa shape index (κ2) is 6.46. The standard InChI is InChI=1S/C13H16ClN3O3S/c1-17-9-15-13(12(17)14)21(18,19)16-8-7-10-3-5-11(20-2)6-4-10/h3-6,9,16H,7-8H2,1-2H3. The van der Waals surface area contributed by atoms with E-state index < -0.39 is 10.0 Å². The Bertz CT molecular complexity index is 711. The SMILES string of the molecule is COc1ccc(CCNS(=O)(=O)c2ncn(C)c2Cl)cc1. The van der Waals surface area contributed by atoms with Crippen LogP contribution in [0.2, 0.25) is 5.15 Å². The Balaban J connectivity index is 1.97. The van der Waals surface area contributed by atoms with Crippen LogP contribution in [0.25, 0.3) is 0 Å². The third kappa shape index (κ3) is 3.75. The van der Waals surface area contributed by atoms with E-state index in [4.69, 9.17) is 16.3 Å². The van der Waals surface area contributed by atoms with Crippen LogP contribution in [0.4, 0.5) is 0 Å². The fraction of sp³-hybridized carbons (Fsp3) is 0.308. The van der Waals surface area contributed by atoms with Crippen molar-refractivity contribution in [2.24, 2.45) is 7.05 Å². The molecule has 0 saturated carbocycles. The maximum atomic E-state index is 12.1. The van der Waals surface area contributed by atoms with Crippen LogP contribution >= 0.6 is 11.6 Å². The molecule has 21 heavy (non-hydrogen) atoms. The molecular weight excluding hydrogens is 314 g/mol. The highest BCUT2D eigenvalue weighted by Gasteiger charge is 2.21. The molecule has 1 aromatic carbocycles. The number of ether oxygens (including phenoxy) is 1. The Hall–Kier alpha value is -1.57. The number of sulfonamides is 1. The van der Waals surface area contributed by atoms with E-state index in [2.05, 4.69) is 9.71 Å². The minimum Gasteiger partial charge on any atom is -0.497 e. The van der Waals surface area contributed by atoms with Crippen molar-refractivity contribution in [3.8, 4) is 5.75 Å². The molecule has 0 amide bonds. The summed E-state index contributed by atoms with van der Waals surface area (Å²) < 4.78 is 33.1. The molecule has 0 radical (unpaired) electrons. The Morgan fingerprint density at radius 3 is 2.52 bits per heavy atom. The van der Waals surface area contributed by atoms with Gasteiger partial charge >= 0.3 is 0 Å². The molecule has 8 heteroatoms. The van der Waals surface area contributed by atoms with Crippen LogP contribution in [0.3, 0.4) is 0 Å². The van der Waals surface area contributed by atoms with Gasteiger partial charge in [0, 0.05) is 13.6 Å². The van der Waals surface area contributed by atoms with Crippen LogP contribution < -0.4 is 9.46 Å². The largest absolute Gasteiger partial charge is 0.497 e. The first-order valence-electron chi connectivity index (χ1n) is 6.23. The number of hydrogen-bond donors (Lipinski definition) is 1. The molecule has 2 aromatic rings. The number of benzene rings is 1. The average Bonchev–Trinajstić information content (AvgIpc) is 2.80. The fourth-order valence-electron chi connectivity index (χ4n) is 1.76. The Kier molecular flexibility index (Phi) is 4.87. The number of nitrogens with zero attached hydrogens (tertiary/aromatic N) is 2. The van der Waals surface area contributed by atoms with Gasteiger partial charge in [0.25, 0.3) is 10.0 Å². The lowest BCUT2D eigenvalue weighted by atomic mass is 10.1. The number of aromatic nitrogens is 2. The third-order valence-electron chi connectivity index (χ3n) is 2.95. The summed E-state index contributed by atoms with van der Waals surface area (Å²) in [5.74, 6) is 0.764. The molecular formula is C13H16ClN3O3S. The van der Waals surface area contributed by atoms with E-state index in [1.54, 1.807) is 14.2 Å². The zero-order valence-electron chi connectivity index (χ0n) is 11.7. The average molecular weight is 330 g/mol. The van der Waals surface area contributed by atoms with Gasteiger partial charge in [-0.2, -0.15) is 0 Å². The van der Waals surface area contributed by atoms with Crippen molar-refractivity contribution in [1.29, 1.82) is 0 Å². The van der Waals surface area contributed by atoms with Crippen LogP contribution in [0.15, 0.2) is 35.6 Å². The highest BCUT2D eigenvalue weighted by molar-refractivity contribution is 7.89. The molecule has 0 bridgehead atoms. The molecule has 0 spiro atoms. The van der Waals surface area contributed by atoms with Gasteiger partial charge in [0.1, 0.15) is 10.9 Å². The molecule has 0 atom stereocenters. The first-order chi connectivity index (χ1) is 9.94. The molecule has 0 saturated heterocycles. The number of methoxy groups -OCH3 is 1. The molecule has 1 aromatic heterocycles. The minimum absolute atomic E-state index is 0.0898. The third-order valence-corrected chi connectivity index (χ3v) is 4.90. The molecule has 2 rings (SSSR count). The van der Waals surface area contributed by atoms with Gasteiger partial charge in [-0.25, -0.2) is 18.1 Å². The summed E-state index contributed by atoms with van der Waals surface area (Å²) in [6.45, 7) is 0.265. The monoisotopic (exact) mass is 329 g/mol. The van der Waals surface area contributed by atoms with Crippen LogP contribution in [0.1, 0.15) is 5.56 Å². The first kappa shape index (κ1) is 15.8. The van der Waals surface area contributed by atoms with Crippen molar-refractivity contribution in [1.82, 2.24) is 14.3 Å². The fourth-order valence-corrected chi connectivity index (χ4v) is 3.22. The van der Waals surface area contributed by atoms with Gasteiger partial charge in [-0.3, -0.25) is 0 Å². The number of halogens is 1. The molecule has 1 N–H and O–H groups in total. The van der Waals surface area contributed by atoms with Gasteiger partial charge in [-0.05, 0) is 24.1 Å². The molecule has 0 fully saturated rings. The predicted octanol–water partition coefficient (Wildman–Crippen LogP) is 1.60. The number of nitrogens with one attached hydrogen (secondary N) is 1. The van der Waals surface area contributed by atoms with E-state index in [9.17, 15) is 8.42 Å². The van der Waals surface area contributed by atoms with Crippen LogP contribution in [0, 0.1) is 0 Å². The predicted molar refractivity (Wildman–Crippen MR) is 80.1 cm³/mol. The molecule has 114 valence electrons. The van der Waals surface area contributed by atoms with Gasteiger partial charge in [0.15, 0.2) is 0 Å². The summed E-state index contributed by atoms with van der Waals surface area (Å²) in [5, 5.41) is -0.0617. The summed E-state index contributed by atoms with van der Waals surface area (Å²) in [6.07, 6.45) is 1.92. The van der Waals surface area contributed by atoms with Gasteiger partial charge in [0.2, 0.25) is 5.03 Å². The van der Waals surface area contributed by atoms with Crippen molar-refractivity contribution < 1.29 is 13.2 Å². The maximum Gasteiger partial charge on any atom is 0.261 e. The van der Waals surface area contributed by atoms with Crippen molar-refractivity contribution in [2.75, 3.05) is 13.7 Å². The summed E-state index contributed by atoms with van der Waals surface area (Å²) in [4.78, 5) is 3.80. The lowest BCUT2D eigenvalue weighted by Gasteiger charge is -2.06. The summed E-state index contributed by atoms with van der Waals surface area (Å²) in [7, 11) is -0.464. The van der Waals surface area contributed by atoms with Gasteiger partial charge in [-0.1, -0.05) is 23.7 Å². The van der Waals surface area contributed by atoms with E-state index >= 15 is 0 Å². The van der Waals surface area contributed by atoms with E-state index in [1.165, 1.54) is 10.9 Å². The Labute approximate surface area is 128 Å². The van der Waals surface area contributed by atoms with Gasteiger partial charge in [0.05, 0.1) is 13.4 Å². The first-order valence-corrected chi connectivity index (χ1v) is 8.09. The Morgan fingerprint density at radius 1 is 1.33 bits per heavy atom. The Morgan fingerprint density at radius 2 is 2.00 bits per heavy atom. The second-order valence-corrected chi connectivity index (χ2v) is 6.49. The van der Waals surface area contributed by atoms with Crippen LogP contribution in [0.5, 0.6) is 5.75 Å². The summed E-state index contributed by atoms with van der Waals surface area (Å²) >= 11 is 5.89. The van der Waals surface area contributed by atoms with Crippen molar-refractivity contribution in [3.05, 3.63) is 41.3 Å². The van der Waals surface area contributed by atoms with Gasteiger partial charge < -0.3 is 9.30 Å².